The lowest BCUT2D eigenvalue weighted by Gasteiger charge is -2.50. The molecule has 0 amide bonds. The van der Waals surface area contributed by atoms with Gasteiger partial charge in [-0.3, -0.25) is 0 Å². The van der Waals surface area contributed by atoms with Crippen LogP contribution in [0, 0.1) is 11.3 Å². The molecule has 0 radical (unpaired) electrons. The van der Waals surface area contributed by atoms with E-state index in [2.05, 4.69) is 27.7 Å². The van der Waals surface area contributed by atoms with Gasteiger partial charge in [0, 0.05) is 18.1 Å². The molecule has 1 rings (SSSR count). The molecule has 72 valence electrons. The van der Waals surface area contributed by atoms with Crippen LogP contribution in [0.15, 0.2) is 0 Å². The smallest absolute Gasteiger partial charge is 0.0655 e. The first kappa shape index (κ1) is 10.0. The molecule has 1 fully saturated rings. The van der Waals surface area contributed by atoms with E-state index in [9.17, 15) is 0 Å². The predicted octanol–water partition coefficient (Wildman–Crippen LogP) is 1.78. The third-order valence-electron chi connectivity index (χ3n) is 2.88. The van der Waals surface area contributed by atoms with Gasteiger partial charge in [0.15, 0.2) is 0 Å². The number of rotatable bonds is 3. The van der Waals surface area contributed by atoms with Crippen molar-refractivity contribution in [1.29, 1.82) is 0 Å². The van der Waals surface area contributed by atoms with Crippen LogP contribution in [-0.2, 0) is 4.74 Å². The van der Waals surface area contributed by atoms with Gasteiger partial charge in [0.25, 0.3) is 0 Å². The highest BCUT2D eigenvalue weighted by Gasteiger charge is 2.46. The van der Waals surface area contributed by atoms with Gasteiger partial charge in [-0.1, -0.05) is 27.7 Å². The molecule has 2 N–H and O–H groups in total. The quantitative estimate of drug-likeness (QED) is 0.702. The molecule has 0 aromatic rings. The molecular weight excluding hydrogens is 150 g/mol. The Morgan fingerprint density at radius 3 is 2.42 bits per heavy atom. The summed E-state index contributed by atoms with van der Waals surface area (Å²) in [5, 5.41) is 0. The first-order chi connectivity index (χ1) is 5.44. The van der Waals surface area contributed by atoms with Crippen molar-refractivity contribution in [3.05, 3.63) is 0 Å². The van der Waals surface area contributed by atoms with Gasteiger partial charge in [0.05, 0.1) is 6.10 Å². The Bertz CT molecular complexity index is 154. The van der Waals surface area contributed by atoms with E-state index in [1.807, 2.05) is 0 Å². The van der Waals surface area contributed by atoms with E-state index in [1.54, 1.807) is 0 Å². The molecule has 1 aliphatic rings. The van der Waals surface area contributed by atoms with Crippen LogP contribution in [0.25, 0.3) is 0 Å². The van der Waals surface area contributed by atoms with Gasteiger partial charge >= 0.3 is 0 Å². The lowest BCUT2D eigenvalue weighted by Crippen LogP contribution is -2.59. The number of ether oxygens (including phenoxy) is 1. The summed E-state index contributed by atoms with van der Waals surface area (Å²) in [6.07, 6.45) is 1.41. The zero-order chi connectivity index (χ0) is 9.35. The molecule has 2 heteroatoms. The zero-order valence-electron chi connectivity index (χ0n) is 8.63. The Morgan fingerprint density at radius 2 is 2.08 bits per heavy atom. The molecule has 1 aliphatic carbocycles. The summed E-state index contributed by atoms with van der Waals surface area (Å²) >= 11 is 0. The van der Waals surface area contributed by atoms with Crippen LogP contribution in [0.4, 0.5) is 0 Å². The highest BCUT2D eigenvalue weighted by Crippen LogP contribution is 2.41. The van der Waals surface area contributed by atoms with Crippen molar-refractivity contribution >= 4 is 0 Å². The molecule has 0 aromatic heterocycles. The average molecular weight is 171 g/mol. The fourth-order valence-corrected chi connectivity index (χ4v) is 1.51. The maximum Gasteiger partial charge on any atom is 0.0655 e. The van der Waals surface area contributed by atoms with E-state index >= 15 is 0 Å². The van der Waals surface area contributed by atoms with Gasteiger partial charge in [-0.15, -0.1) is 0 Å². The molecule has 0 bridgehead atoms. The van der Waals surface area contributed by atoms with Crippen LogP contribution < -0.4 is 5.73 Å². The van der Waals surface area contributed by atoms with Crippen LogP contribution in [0.5, 0.6) is 0 Å². The zero-order valence-corrected chi connectivity index (χ0v) is 8.63. The average Bonchev–Trinajstić information content (AvgIpc) is 1.97. The minimum Gasteiger partial charge on any atom is -0.377 e. The lowest BCUT2D eigenvalue weighted by atomic mass is 9.65. The van der Waals surface area contributed by atoms with Crippen molar-refractivity contribution in [3.63, 3.8) is 0 Å². The fourth-order valence-electron chi connectivity index (χ4n) is 1.51. The van der Waals surface area contributed by atoms with Gasteiger partial charge in [-0.25, -0.2) is 0 Å². The van der Waals surface area contributed by atoms with Gasteiger partial charge in [-0.05, 0) is 12.3 Å². The van der Waals surface area contributed by atoms with Crippen molar-refractivity contribution < 1.29 is 4.74 Å². The van der Waals surface area contributed by atoms with Crippen LogP contribution in [-0.4, -0.2) is 18.8 Å². The molecule has 0 aliphatic heterocycles. The predicted molar refractivity (Wildman–Crippen MR) is 51.0 cm³/mol. The summed E-state index contributed by atoms with van der Waals surface area (Å²) in [5.74, 6) is 0.623. The molecular formula is C10H21NO. The Morgan fingerprint density at radius 1 is 1.50 bits per heavy atom. The molecule has 1 saturated carbocycles. The van der Waals surface area contributed by atoms with Crippen LogP contribution >= 0.6 is 0 Å². The van der Waals surface area contributed by atoms with E-state index in [4.69, 9.17) is 10.5 Å². The summed E-state index contributed by atoms with van der Waals surface area (Å²) < 4.78 is 5.75. The molecule has 0 saturated heterocycles. The molecule has 12 heavy (non-hydrogen) atoms. The van der Waals surface area contributed by atoms with Gasteiger partial charge in [0.1, 0.15) is 0 Å². The van der Waals surface area contributed by atoms with Gasteiger partial charge < -0.3 is 10.5 Å². The van der Waals surface area contributed by atoms with Crippen molar-refractivity contribution in [3.8, 4) is 0 Å². The summed E-state index contributed by atoms with van der Waals surface area (Å²) in [6.45, 7) is 9.58. The third-order valence-corrected chi connectivity index (χ3v) is 2.88. The van der Waals surface area contributed by atoms with E-state index in [1.165, 1.54) is 0 Å². The standard InChI is InChI=1S/C10H21NO/c1-7(2)6-12-9-5-8(11)10(9,3)4/h7-9H,5-6,11H2,1-4H3/t8-,9-/m0/s1. The number of hydrogen-bond donors (Lipinski definition) is 1. The Balaban J connectivity index is 2.28. The first-order valence-electron chi connectivity index (χ1n) is 4.81. The summed E-state index contributed by atoms with van der Waals surface area (Å²) in [7, 11) is 0. The normalized spacial score (nSPS) is 33.5. The maximum atomic E-state index is 5.87. The second kappa shape index (κ2) is 3.35. The van der Waals surface area contributed by atoms with Gasteiger partial charge in [-0.2, -0.15) is 0 Å². The van der Waals surface area contributed by atoms with E-state index in [0.29, 0.717) is 18.1 Å². The molecule has 0 aromatic carbocycles. The SMILES string of the molecule is CC(C)CO[C@H]1C[C@H](N)C1(C)C. The van der Waals surface area contributed by atoms with Gasteiger partial charge in [0.2, 0.25) is 0 Å². The summed E-state index contributed by atoms with van der Waals surface area (Å²) in [5.41, 5.74) is 6.06. The molecule has 2 atom stereocenters. The van der Waals surface area contributed by atoms with Crippen LogP contribution in [0.2, 0.25) is 0 Å². The Hall–Kier alpha value is -0.0800. The first-order valence-corrected chi connectivity index (χ1v) is 4.81. The molecule has 0 heterocycles. The lowest BCUT2D eigenvalue weighted by molar-refractivity contribution is -0.114. The van der Waals surface area contributed by atoms with Crippen LogP contribution in [0.1, 0.15) is 34.1 Å². The summed E-state index contributed by atoms with van der Waals surface area (Å²) in [4.78, 5) is 0. The minimum atomic E-state index is 0.189. The highest BCUT2D eigenvalue weighted by molar-refractivity contribution is 5.00. The summed E-state index contributed by atoms with van der Waals surface area (Å²) in [6, 6.07) is 0.328. The van der Waals surface area contributed by atoms with Crippen LogP contribution in [0.3, 0.4) is 0 Å². The minimum absolute atomic E-state index is 0.189. The van der Waals surface area contributed by atoms with E-state index < -0.39 is 0 Å². The van der Waals surface area contributed by atoms with Crippen molar-refractivity contribution in [2.24, 2.45) is 17.1 Å². The fraction of sp³-hybridized carbons (Fsp3) is 1.00. The molecule has 2 nitrogen and oxygen atoms in total. The number of nitrogens with two attached hydrogens (primary N) is 1. The molecule has 0 unspecified atom stereocenters. The van der Waals surface area contributed by atoms with Crippen molar-refractivity contribution in [2.75, 3.05) is 6.61 Å². The Labute approximate surface area is 75.5 Å². The number of hydrogen-bond acceptors (Lipinski definition) is 2. The monoisotopic (exact) mass is 171 g/mol. The topological polar surface area (TPSA) is 35.2 Å². The molecule has 0 spiro atoms. The third kappa shape index (κ3) is 1.80. The Kier molecular flexibility index (Phi) is 2.79. The van der Waals surface area contributed by atoms with E-state index in [0.717, 1.165) is 13.0 Å². The van der Waals surface area contributed by atoms with Crippen molar-refractivity contribution in [2.45, 2.75) is 46.3 Å². The highest BCUT2D eigenvalue weighted by atomic mass is 16.5. The maximum absolute atomic E-state index is 5.87. The second-order valence-electron chi connectivity index (χ2n) is 4.88. The largest absolute Gasteiger partial charge is 0.377 e. The van der Waals surface area contributed by atoms with E-state index in [-0.39, 0.29) is 5.41 Å². The second-order valence-corrected chi connectivity index (χ2v) is 4.88. The van der Waals surface area contributed by atoms with Crippen molar-refractivity contribution in [1.82, 2.24) is 0 Å².